The zero-order valence-electron chi connectivity index (χ0n) is 8.49. The molecule has 1 heterocycles. The Kier molecular flexibility index (Phi) is 3.89. The Labute approximate surface area is 87.9 Å². The van der Waals surface area contributed by atoms with E-state index in [-0.39, 0.29) is 24.1 Å². The van der Waals surface area contributed by atoms with Gasteiger partial charge in [0.25, 0.3) is 5.91 Å². The summed E-state index contributed by atoms with van der Waals surface area (Å²) in [6, 6.07) is 5.24. The lowest BCUT2D eigenvalue weighted by molar-refractivity contribution is 0.0921. The molecule has 0 spiro atoms. The number of hydrogen-bond donors (Lipinski definition) is 2. The number of amides is 1. The van der Waals surface area contributed by atoms with Crippen LogP contribution in [-0.4, -0.2) is 12.5 Å². The number of hydrogen-bond acceptors (Lipinski definition) is 4. The zero-order chi connectivity index (χ0) is 11.3. The van der Waals surface area contributed by atoms with Gasteiger partial charge in [0.05, 0.1) is 18.5 Å². The van der Waals surface area contributed by atoms with Gasteiger partial charge in [0.1, 0.15) is 5.76 Å². The van der Waals surface area contributed by atoms with E-state index in [1.165, 1.54) is 0 Å². The second kappa shape index (κ2) is 5.17. The Balaban J connectivity index is 2.51. The second-order valence-electron chi connectivity index (χ2n) is 3.21. The topological polar surface area (TPSA) is 92.0 Å². The largest absolute Gasteiger partial charge is 0.455 e. The molecule has 0 aliphatic rings. The van der Waals surface area contributed by atoms with E-state index in [0.29, 0.717) is 12.3 Å². The monoisotopic (exact) mass is 207 g/mol. The highest BCUT2D eigenvalue weighted by molar-refractivity contribution is 5.91. The lowest BCUT2D eigenvalue weighted by Gasteiger charge is -2.03. The summed E-state index contributed by atoms with van der Waals surface area (Å²) in [5.74, 6) is 0.253. The molecule has 5 nitrogen and oxygen atoms in total. The van der Waals surface area contributed by atoms with Crippen molar-refractivity contribution in [2.75, 3.05) is 6.54 Å². The van der Waals surface area contributed by atoms with E-state index in [2.05, 4.69) is 5.32 Å². The molecule has 1 aromatic heterocycles. The summed E-state index contributed by atoms with van der Waals surface area (Å²) in [6.07, 6.45) is 0. The van der Waals surface area contributed by atoms with Crippen molar-refractivity contribution in [1.29, 1.82) is 5.26 Å². The molecule has 1 unspecified atom stereocenters. The van der Waals surface area contributed by atoms with Gasteiger partial charge >= 0.3 is 0 Å². The molecule has 3 N–H and O–H groups in total. The van der Waals surface area contributed by atoms with Crippen LogP contribution in [0.3, 0.4) is 0 Å². The lowest BCUT2D eigenvalue weighted by Crippen LogP contribution is -2.27. The van der Waals surface area contributed by atoms with Crippen molar-refractivity contribution >= 4 is 5.91 Å². The third kappa shape index (κ3) is 3.11. The molecule has 0 saturated carbocycles. The summed E-state index contributed by atoms with van der Waals surface area (Å²) in [5, 5.41) is 11.1. The Hall–Kier alpha value is -1.80. The van der Waals surface area contributed by atoms with Crippen molar-refractivity contribution in [3.05, 3.63) is 23.7 Å². The minimum Gasteiger partial charge on any atom is -0.455 e. The molecule has 80 valence electrons. The summed E-state index contributed by atoms with van der Waals surface area (Å²) >= 11 is 0. The number of carbonyl (C=O) groups excluding carboxylic acids is 1. The summed E-state index contributed by atoms with van der Waals surface area (Å²) in [7, 11) is 0. The van der Waals surface area contributed by atoms with Gasteiger partial charge in [-0.05, 0) is 19.1 Å². The number of nitrogens with zero attached hydrogens (tertiary/aromatic N) is 1. The first kappa shape index (κ1) is 11.3. The van der Waals surface area contributed by atoms with Gasteiger partial charge in [-0.2, -0.15) is 5.26 Å². The van der Waals surface area contributed by atoms with Crippen LogP contribution < -0.4 is 11.1 Å². The smallest absolute Gasteiger partial charge is 0.287 e. The van der Waals surface area contributed by atoms with E-state index < -0.39 is 0 Å². The summed E-state index contributed by atoms with van der Waals surface area (Å²) in [5.41, 5.74) is 5.34. The van der Waals surface area contributed by atoms with Crippen LogP contribution >= 0.6 is 0 Å². The highest BCUT2D eigenvalue weighted by atomic mass is 16.4. The Morgan fingerprint density at radius 1 is 1.73 bits per heavy atom. The first-order valence-corrected chi connectivity index (χ1v) is 4.64. The van der Waals surface area contributed by atoms with E-state index in [9.17, 15) is 4.79 Å². The van der Waals surface area contributed by atoms with E-state index in [1.54, 1.807) is 19.1 Å². The predicted molar refractivity (Wildman–Crippen MR) is 53.7 cm³/mol. The molecular formula is C10H13N3O2. The van der Waals surface area contributed by atoms with Crippen molar-refractivity contribution in [3.63, 3.8) is 0 Å². The van der Waals surface area contributed by atoms with Gasteiger partial charge in [-0.25, -0.2) is 0 Å². The van der Waals surface area contributed by atoms with Gasteiger partial charge in [0.2, 0.25) is 0 Å². The minimum atomic E-state index is -0.322. The Morgan fingerprint density at radius 2 is 2.47 bits per heavy atom. The zero-order valence-corrected chi connectivity index (χ0v) is 8.49. The van der Waals surface area contributed by atoms with E-state index in [1.807, 2.05) is 6.07 Å². The quantitative estimate of drug-likeness (QED) is 0.757. The second-order valence-corrected chi connectivity index (χ2v) is 3.21. The van der Waals surface area contributed by atoms with Gasteiger partial charge in [-0.3, -0.25) is 4.79 Å². The fourth-order valence-corrected chi connectivity index (χ4v) is 0.988. The van der Waals surface area contributed by atoms with Gasteiger partial charge in [-0.1, -0.05) is 0 Å². The lowest BCUT2D eigenvalue weighted by atomic mass is 10.2. The van der Waals surface area contributed by atoms with Gasteiger partial charge < -0.3 is 15.5 Å². The van der Waals surface area contributed by atoms with Gasteiger partial charge in [-0.15, -0.1) is 0 Å². The first-order valence-electron chi connectivity index (χ1n) is 4.64. The molecule has 0 aromatic carbocycles. The molecule has 5 heteroatoms. The van der Waals surface area contributed by atoms with Crippen LogP contribution in [0.25, 0.3) is 0 Å². The maximum atomic E-state index is 11.4. The fraction of sp³-hybridized carbons (Fsp3) is 0.400. The molecule has 1 amide bonds. The van der Waals surface area contributed by atoms with Crippen molar-refractivity contribution in [3.8, 4) is 6.07 Å². The number of nitrogens with two attached hydrogens (primary N) is 1. The standard InChI is InChI=1S/C10H13N3O2/c1-7(4-11)6-13-10(14)9-3-2-8(5-12)15-9/h2-3,7H,5-6,12H2,1H3,(H,13,14). The third-order valence-electron chi connectivity index (χ3n) is 1.88. The molecule has 1 aromatic rings. The summed E-state index contributed by atoms with van der Waals surface area (Å²) in [6.45, 7) is 2.31. The van der Waals surface area contributed by atoms with Crippen LogP contribution in [0.1, 0.15) is 23.2 Å². The van der Waals surface area contributed by atoms with Crippen molar-refractivity contribution < 1.29 is 9.21 Å². The Morgan fingerprint density at radius 3 is 3.00 bits per heavy atom. The molecule has 0 fully saturated rings. The van der Waals surface area contributed by atoms with E-state index >= 15 is 0 Å². The van der Waals surface area contributed by atoms with Crippen LogP contribution in [-0.2, 0) is 6.54 Å². The average Bonchev–Trinajstić information content (AvgIpc) is 2.73. The van der Waals surface area contributed by atoms with Crippen LogP contribution in [0.5, 0.6) is 0 Å². The maximum Gasteiger partial charge on any atom is 0.287 e. The number of nitriles is 1. The molecule has 0 saturated heterocycles. The van der Waals surface area contributed by atoms with Crippen molar-refractivity contribution in [2.45, 2.75) is 13.5 Å². The van der Waals surface area contributed by atoms with Gasteiger partial charge in [0.15, 0.2) is 5.76 Å². The molecular weight excluding hydrogens is 194 g/mol. The van der Waals surface area contributed by atoms with Crippen LogP contribution in [0.4, 0.5) is 0 Å². The molecule has 0 aliphatic heterocycles. The van der Waals surface area contributed by atoms with E-state index in [4.69, 9.17) is 15.4 Å². The van der Waals surface area contributed by atoms with Crippen LogP contribution in [0.2, 0.25) is 0 Å². The van der Waals surface area contributed by atoms with E-state index in [0.717, 1.165) is 0 Å². The molecule has 15 heavy (non-hydrogen) atoms. The molecule has 0 aliphatic carbocycles. The van der Waals surface area contributed by atoms with Crippen LogP contribution in [0.15, 0.2) is 16.5 Å². The minimum absolute atomic E-state index is 0.210. The number of nitrogens with one attached hydrogen (secondary N) is 1. The summed E-state index contributed by atoms with van der Waals surface area (Å²) < 4.78 is 5.14. The number of carbonyl (C=O) groups is 1. The van der Waals surface area contributed by atoms with Crippen molar-refractivity contribution in [2.24, 2.45) is 11.7 Å². The fourth-order valence-electron chi connectivity index (χ4n) is 0.988. The van der Waals surface area contributed by atoms with Gasteiger partial charge in [0, 0.05) is 6.54 Å². The third-order valence-corrected chi connectivity index (χ3v) is 1.88. The predicted octanol–water partition coefficient (Wildman–Crippen LogP) is 0.628. The van der Waals surface area contributed by atoms with Crippen LogP contribution in [0, 0.1) is 17.2 Å². The molecule has 0 bridgehead atoms. The highest BCUT2D eigenvalue weighted by Crippen LogP contribution is 2.06. The SMILES string of the molecule is CC(C#N)CNC(=O)c1ccc(CN)o1. The maximum absolute atomic E-state index is 11.4. The molecule has 0 radical (unpaired) electrons. The molecule has 1 atom stereocenters. The van der Waals surface area contributed by atoms with Crippen molar-refractivity contribution in [1.82, 2.24) is 5.32 Å². The summed E-state index contributed by atoms with van der Waals surface area (Å²) in [4.78, 5) is 11.4. The average molecular weight is 207 g/mol. The first-order chi connectivity index (χ1) is 7.17. The highest BCUT2D eigenvalue weighted by Gasteiger charge is 2.11. The Bertz CT molecular complexity index is 378. The normalized spacial score (nSPS) is 11.8. The number of rotatable bonds is 4. The number of furan rings is 1. The molecule has 1 rings (SSSR count).